The number of anilines is 1. The van der Waals surface area contributed by atoms with E-state index in [9.17, 15) is 9.59 Å². The van der Waals surface area contributed by atoms with Crippen molar-refractivity contribution in [1.82, 2.24) is 4.98 Å². The molecule has 150 valence electrons. The van der Waals surface area contributed by atoms with E-state index in [4.69, 9.17) is 9.15 Å². The van der Waals surface area contributed by atoms with Crippen molar-refractivity contribution in [3.63, 3.8) is 0 Å². The number of esters is 1. The Morgan fingerprint density at radius 3 is 2.53 bits per heavy atom. The summed E-state index contributed by atoms with van der Waals surface area (Å²) in [6, 6.07) is 17.9. The number of furan rings is 1. The minimum Gasteiger partial charge on any atom is -0.465 e. The van der Waals surface area contributed by atoms with E-state index >= 15 is 0 Å². The van der Waals surface area contributed by atoms with Crippen molar-refractivity contribution in [2.24, 2.45) is 0 Å². The Hall–Kier alpha value is -3.93. The number of nitrogens with zero attached hydrogens (tertiary/aromatic N) is 1. The molecule has 0 bridgehead atoms. The summed E-state index contributed by atoms with van der Waals surface area (Å²) in [7, 11) is 1.32. The van der Waals surface area contributed by atoms with Crippen LogP contribution in [0.15, 0.2) is 65.1 Å². The van der Waals surface area contributed by atoms with E-state index in [2.05, 4.69) is 10.3 Å². The van der Waals surface area contributed by atoms with Crippen molar-refractivity contribution in [3.05, 3.63) is 83.1 Å². The van der Waals surface area contributed by atoms with Crippen LogP contribution in [-0.2, 0) is 4.74 Å². The molecule has 4 rings (SSSR count). The maximum absolute atomic E-state index is 13.2. The van der Waals surface area contributed by atoms with Crippen LogP contribution in [0, 0.1) is 13.8 Å². The average molecular weight is 400 g/mol. The van der Waals surface area contributed by atoms with E-state index in [0.29, 0.717) is 33.8 Å². The summed E-state index contributed by atoms with van der Waals surface area (Å²) in [4.78, 5) is 29.7. The summed E-state index contributed by atoms with van der Waals surface area (Å²) in [5.74, 6) is 0.593. The van der Waals surface area contributed by atoms with Crippen LogP contribution in [0.3, 0.4) is 0 Å². The van der Waals surface area contributed by atoms with Crippen LogP contribution in [0.5, 0.6) is 0 Å². The van der Waals surface area contributed by atoms with Crippen molar-refractivity contribution >= 4 is 28.5 Å². The van der Waals surface area contributed by atoms with Gasteiger partial charge in [-0.15, -0.1) is 0 Å². The second-order valence-corrected chi connectivity index (χ2v) is 6.96. The smallest absolute Gasteiger partial charge is 0.337 e. The SMILES string of the molecule is COC(=O)c1ccc(C)c(NC(=O)c2cc(-c3ccc(C)o3)nc3ccccc23)c1. The number of aromatic nitrogens is 1. The van der Waals surface area contributed by atoms with Gasteiger partial charge in [0.25, 0.3) is 5.91 Å². The molecule has 2 heterocycles. The molecule has 0 spiro atoms. The van der Waals surface area contributed by atoms with Crippen molar-refractivity contribution in [2.45, 2.75) is 13.8 Å². The van der Waals surface area contributed by atoms with Gasteiger partial charge in [0.05, 0.1) is 23.8 Å². The summed E-state index contributed by atoms with van der Waals surface area (Å²) >= 11 is 0. The number of nitrogens with one attached hydrogen (secondary N) is 1. The second-order valence-electron chi connectivity index (χ2n) is 6.96. The number of aryl methyl sites for hydroxylation is 2. The van der Waals surface area contributed by atoms with E-state index < -0.39 is 5.97 Å². The molecule has 0 unspecified atom stereocenters. The maximum Gasteiger partial charge on any atom is 0.337 e. The third-order valence-corrected chi connectivity index (χ3v) is 4.86. The van der Waals surface area contributed by atoms with Gasteiger partial charge in [-0.3, -0.25) is 4.79 Å². The van der Waals surface area contributed by atoms with Gasteiger partial charge in [0, 0.05) is 11.1 Å². The minimum absolute atomic E-state index is 0.303. The van der Waals surface area contributed by atoms with Crippen molar-refractivity contribution < 1.29 is 18.7 Å². The number of ether oxygens (including phenoxy) is 1. The highest BCUT2D eigenvalue weighted by Crippen LogP contribution is 2.27. The molecule has 0 aliphatic rings. The molecular weight excluding hydrogens is 380 g/mol. The van der Waals surface area contributed by atoms with Gasteiger partial charge in [-0.25, -0.2) is 9.78 Å². The molecule has 0 saturated carbocycles. The molecular formula is C24H20N2O4. The molecule has 30 heavy (non-hydrogen) atoms. The first-order valence-corrected chi connectivity index (χ1v) is 9.43. The second kappa shape index (κ2) is 7.83. The Kier molecular flexibility index (Phi) is 5.06. The number of benzene rings is 2. The van der Waals surface area contributed by atoms with Gasteiger partial charge in [0.15, 0.2) is 5.76 Å². The number of methoxy groups -OCH3 is 1. The fraction of sp³-hybridized carbons (Fsp3) is 0.125. The Balaban J connectivity index is 1.77. The molecule has 1 amide bonds. The summed E-state index contributed by atoms with van der Waals surface area (Å²) < 4.78 is 10.5. The molecule has 0 atom stereocenters. The third kappa shape index (κ3) is 3.67. The molecule has 0 aliphatic heterocycles. The van der Waals surface area contributed by atoms with Crippen LogP contribution in [0.2, 0.25) is 0 Å². The van der Waals surface area contributed by atoms with Crippen molar-refractivity contribution in [3.8, 4) is 11.5 Å². The summed E-state index contributed by atoms with van der Waals surface area (Å²) in [5, 5.41) is 3.64. The minimum atomic E-state index is -0.463. The van der Waals surface area contributed by atoms with Gasteiger partial charge in [-0.1, -0.05) is 24.3 Å². The first-order valence-electron chi connectivity index (χ1n) is 9.43. The fourth-order valence-corrected chi connectivity index (χ4v) is 3.25. The number of para-hydroxylation sites is 1. The lowest BCUT2D eigenvalue weighted by Gasteiger charge is -2.12. The fourth-order valence-electron chi connectivity index (χ4n) is 3.25. The Morgan fingerprint density at radius 2 is 1.80 bits per heavy atom. The lowest BCUT2D eigenvalue weighted by Crippen LogP contribution is -2.14. The highest BCUT2D eigenvalue weighted by molar-refractivity contribution is 6.13. The van der Waals surface area contributed by atoms with E-state index in [-0.39, 0.29) is 5.91 Å². The van der Waals surface area contributed by atoms with Crippen LogP contribution < -0.4 is 5.32 Å². The highest BCUT2D eigenvalue weighted by atomic mass is 16.5. The normalized spacial score (nSPS) is 10.8. The molecule has 2 aromatic heterocycles. The predicted molar refractivity (Wildman–Crippen MR) is 115 cm³/mol. The average Bonchev–Trinajstić information content (AvgIpc) is 3.20. The Morgan fingerprint density at radius 1 is 1.00 bits per heavy atom. The van der Waals surface area contributed by atoms with E-state index in [1.54, 1.807) is 24.3 Å². The highest BCUT2D eigenvalue weighted by Gasteiger charge is 2.17. The standard InChI is InChI=1S/C24H20N2O4/c1-14-8-10-16(24(28)29-3)12-20(14)26-23(27)18-13-21(22-11-9-15(2)30-22)25-19-7-5-4-6-17(18)19/h4-13H,1-3H3,(H,26,27). The van der Waals surface area contributed by atoms with Crippen LogP contribution in [0.1, 0.15) is 32.0 Å². The number of pyridine rings is 1. The lowest BCUT2D eigenvalue weighted by molar-refractivity contribution is 0.0600. The number of hydrogen-bond donors (Lipinski definition) is 1. The Labute approximate surface area is 173 Å². The van der Waals surface area contributed by atoms with Gasteiger partial charge >= 0.3 is 5.97 Å². The molecule has 6 heteroatoms. The van der Waals surface area contributed by atoms with Gasteiger partial charge < -0.3 is 14.5 Å². The van der Waals surface area contributed by atoms with E-state index in [0.717, 1.165) is 16.7 Å². The molecule has 0 radical (unpaired) electrons. The molecule has 0 fully saturated rings. The first-order chi connectivity index (χ1) is 14.5. The number of carbonyl (C=O) groups is 2. The molecule has 2 aromatic carbocycles. The quantitative estimate of drug-likeness (QED) is 0.479. The van der Waals surface area contributed by atoms with Gasteiger partial charge in [-0.05, 0) is 55.8 Å². The van der Waals surface area contributed by atoms with Gasteiger partial charge in [0.2, 0.25) is 0 Å². The molecule has 1 N–H and O–H groups in total. The number of rotatable bonds is 4. The molecule has 0 saturated heterocycles. The maximum atomic E-state index is 13.2. The van der Waals surface area contributed by atoms with Crippen molar-refractivity contribution in [2.75, 3.05) is 12.4 Å². The van der Waals surface area contributed by atoms with Crippen LogP contribution in [0.4, 0.5) is 5.69 Å². The first kappa shape index (κ1) is 19.4. The zero-order valence-electron chi connectivity index (χ0n) is 16.9. The number of carbonyl (C=O) groups excluding carboxylic acids is 2. The zero-order chi connectivity index (χ0) is 21.3. The van der Waals surface area contributed by atoms with Crippen LogP contribution in [0.25, 0.3) is 22.4 Å². The molecule has 6 nitrogen and oxygen atoms in total. The third-order valence-electron chi connectivity index (χ3n) is 4.86. The number of amides is 1. The topological polar surface area (TPSA) is 81.4 Å². The number of fused-ring (bicyclic) bond motifs is 1. The van der Waals surface area contributed by atoms with Crippen molar-refractivity contribution in [1.29, 1.82) is 0 Å². The molecule has 4 aromatic rings. The summed E-state index contributed by atoms with van der Waals surface area (Å²) in [5.41, 5.74) is 3.47. The van der Waals surface area contributed by atoms with Gasteiger partial charge in [0.1, 0.15) is 11.5 Å². The zero-order valence-corrected chi connectivity index (χ0v) is 16.9. The van der Waals surface area contributed by atoms with E-state index in [1.807, 2.05) is 50.2 Å². The Bertz CT molecular complexity index is 1270. The van der Waals surface area contributed by atoms with E-state index in [1.165, 1.54) is 7.11 Å². The molecule has 0 aliphatic carbocycles. The summed E-state index contributed by atoms with van der Waals surface area (Å²) in [6.45, 7) is 3.72. The van der Waals surface area contributed by atoms with Crippen LogP contribution in [-0.4, -0.2) is 24.0 Å². The predicted octanol–water partition coefficient (Wildman–Crippen LogP) is 5.15. The lowest BCUT2D eigenvalue weighted by atomic mass is 10.0. The van der Waals surface area contributed by atoms with Crippen LogP contribution >= 0.6 is 0 Å². The number of hydrogen-bond acceptors (Lipinski definition) is 5. The monoisotopic (exact) mass is 400 g/mol. The van der Waals surface area contributed by atoms with Gasteiger partial charge in [-0.2, -0.15) is 0 Å². The summed E-state index contributed by atoms with van der Waals surface area (Å²) in [6.07, 6.45) is 0. The largest absolute Gasteiger partial charge is 0.465 e.